The Hall–Kier alpha value is -0.660. The quantitative estimate of drug-likeness (QED) is 0.431. The smallest absolute Gasteiger partial charge is 0.139 e. The number of unbranched alkanes of at least 4 members (excludes halogenated alkanes) is 1. The van der Waals surface area contributed by atoms with Crippen LogP contribution in [0, 0.1) is 5.92 Å². The van der Waals surface area contributed by atoms with Crippen LogP contribution in [-0.4, -0.2) is 12.1 Å². The summed E-state index contributed by atoms with van der Waals surface area (Å²) in [4.78, 5) is 20.9. The number of carbonyl (C=O) groups excluding carboxylic acids is 2. The number of rotatable bonds is 5. The van der Waals surface area contributed by atoms with Crippen LogP contribution in [0.3, 0.4) is 0 Å². The van der Waals surface area contributed by atoms with Crippen molar-refractivity contribution >= 4 is 12.1 Å². The van der Waals surface area contributed by atoms with E-state index in [1.54, 1.807) is 0 Å². The molecule has 0 aliphatic rings. The highest BCUT2D eigenvalue weighted by atomic mass is 16.1. The van der Waals surface area contributed by atoms with Crippen LogP contribution in [0.4, 0.5) is 0 Å². The molecule has 0 unspecified atom stereocenters. The zero-order valence-corrected chi connectivity index (χ0v) is 6.59. The van der Waals surface area contributed by atoms with E-state index in [1.165, 1.54) is 6.92 Å². The van der Waals surface area contributed by atoms with Gasteiger partial charge in [-0.1, -0.05) is 19.8 Å². The molecule has 0 spiro atoms. The third-order valence-corrected chi connectivity index (χ3v) is 1.56. The van der Waals surface area contributed by atoms with Crippen molar-refractivity contribution in [2.45, 2.75) is 33.1 Å². The fraction of sp³-hybridized carbons (Fsp3) is 0.750. The SMILES string of the molecule is CCCC[C@H](C=O)C(C)=O. The van der Waals surface area contributed by atoms with E-state index in [9.17, 15) is 9.59 Å². The lowest BCUT2D eigenvalue weighted by atomic mass is 10.0. The largest absolute Gasteiger partial charge is 0.303 e. The van der Waals surface area contributed by atoms with Gasteiger partial charge in [0, 0.05) is 0 Å². The van der Waals surface area contributed by atoms with Crippen LogP contribution in [0.2, 0.25) is 0 Å². The van der Waals surface area contributed by atoms with Crippen molar-refractivity contribution < 1.29 is 9.59 Å². The van der Waals surface area contributed by atoms with Gasteiger partial charge in [-0.15, -0.1) is 0 Å². The first-order valence-electron chi connectivity index (χ1n) is 3.68. The molecule has 0 heterocycles. The van der Waals surface area contributed by atoms with Crippen molar-refractivity contribution in [3.05, 3.63) is 0 Å². The van der Waals surface area contributed by atoms with Crippen molar-refractivity contribution in [2.24, 2.45) is 5.92 Å². The van der Waals surface area contributed by atoms with Crippen LogP contribution < -0.4 is 0 Å². The van der Waals surface area contributed by atoms with Gasteiger partial charge >= 0.3 is 0 Å². The van der Waals surface area contributed by atoms with Crippen molar-refractivity contribution in [3.63, 3.8) is 0 Å². The van der Waals surface area contributed by atoms with E-state index in [2.05, 4.69) is 0 Å². The van der Waals surface area contributed by atoms with E-state index in [4.69, 9.17) is 0 Å². The predicted molar refractivity (Wildman–Crippen MR) is 39.8 cm³/mol. The summed E-state index contributed by atoms with van der Waals surface area (Å²) in [5.41, 5.74) is 0. The maximum Gasteiger partial charge on any atom is 0.139 e. The van der Waals surface area contributed by atoms with Gasteiger partial charge in [-0.3, -0.25) is 4.79 Å². The third-order valence-electron chi connectivity index (χ3n) is 1.56. The molecule has 0 aromatic heterocycles. The second-order valence-corrected chi connectivity index (χ2v) is 2.50. The van der Waals surface area contributed by atoms with Gasteiger partial charge in [0.1, 0.15) is 12.1 Å². The number of hydrogen-bond donors (Lipinski definition) is 0. The lowest BCUT2D eigenvalue weighted by molar-refractivity contribution is -0.125. The van der Waals surface area contributed by atoms with Gasteiger partial charge in [0.25, 0.3) is 0 Å². The van der Waals surface area contributed by atoms with Gasteiger partial charge in [-0.2, -0.15) is 0 Å². The second-order valence-electron chi connectivity index (χ2n) is 2.50. The van der Waals surface area contributed by atoms with Gasteiger partial charge in [-0.25, -0.2) is 0 Å². The summed E-state index contributed by atoms with van der Waals surface area (Å²) >= 11 is 0. The standard InChI is InChI=1S/C8H14O2/c1-3-4-5-8(6-9)7(2)10/h6,8H,3-5H2,1-2H3/t8-/m1/s1. The molecule has 2 nitrogen and oxygen atoms in total. The second kappa shape index (κ2) is 5.15. The summed E-state index contributed by atoms with van der Waals surface area (Å²) in [5.74, 6) is -0.358. The van der Waals surface area contributed by atoms with Crippen molar-refractivity contribution in [1.82, 2.24) is 0 Å². The molecule has 0 aliphatic carbocycles. The highest BCUT2D eigenvalue weighted by Crippen LogP contribution is 2.06. The minimum Gasteiger partial charge on any atom is -0.303 e. The molecule has 0 rings (SSSR count). The molecule has 10 heavy (non-hydrogen) atoms. The number of hydrogen-bond acceptors (Lipinski definition) is 2. The van der Waals surface area contributed by atoms with Crippen LogP contribution in [0.25, 0.3) is 0 Å². The first-order valence-corrected chi connectivity index (χ1v) is 3.68. The third kappa shape index (κ3) is 3.38. The molecule has 0 aliphatic heterocycles. The zero-order chi connectivity index (χ0) is 7.98. The summed E-state index contributed by atoms with van der Waals surface area (Å²) < 4.78 is 0. The van der Waals surface area contributed by atoms with Gasteiger partial charge in [0.15, 0.2) is 0 Å². The van der Waals surface area contributed by atoms with Gasteiger partial charge in [-0.05, 0) is 13.3 Å². The van der Waals surface area contributed by atoms with Gasteiger partial charge in [0.2, 0.25) is 0 Å². The summed E-state index contributed by atoms with van der Waals surface area (Å²) in [6.07, 6.45) is 3.47. The molecule has 0 radical (unpaired) electrons. The summed E-state index contributed by atoms with van der Waals surface area (Å²) in [6.45, 7) is 3.51. The van der Waals surface area contributed by atoms with Crippen LogP contribution in [0.15, 0.2) is 0 Å². The average molecular weight is 142 g/mol. The van der Waals surface area contributed by atoms with Crippen molar-refractivity contribution in [2.75, 3.05) is 0 Å². The maximum atomic E-state index is 10.6. The van der Waals surface area contributed by atoms with Gasteiger partial charge < -0.3 is 4.79 Å². The fourth-order valence-electron chi connectivity index (χ4n) is 0.791. The number of ketones is 1. The number of carbonyl (C=O) groups is 2. The zero-order valence-electron chi connectivity index (χ0n) is 6.59. The van der Waals surface area contributed by atoms with E-state index in [1.807, 2.05) is 6.92 Å². The van der Waals surface area contributed by atoms with Crippen LogP contribution in [0.5, 0.6) is 0 Å². The summed E-state index contributed by atoms with van der Waals surface area (Å²) in [7, 11) is 0. The maximum absolute atomic E-state index is 10.6. The minimum atomic E-state index is -0.347. The molecule has 0 saturated carbocycles. The fourth-order valence-corrected chi connectivity index (χ4v) is 0.791. The average Bonchev–Trinajstić information content (AvgIpc) is 1.89. The molecule has 0 fully saturated rings. The van der Waals surface area contributed by atoms with Crippen LogP contribution in [0.1, 0.15) is 33.1 Å². The Labute approximate surface area is 61.6 Å². The molecule has 0 bridgehead atoms. The lowest BCUT2D eigenvalue weighted by Gasteiger charge is -2.02. The molecule has 58 valence electrons. The Kier molecular flexibility index (Phi) is 4.81. The normalized spacial score (nSPS) is 12.6. The monoisotopic (exact) mass is 142 g/mol. The molecule has 0 amide bonds. The topological polar surface area (TPSA) is 34.1 Å². The summed E-state index contributed by atoms with van der Waals surface area (Å²) in [6, 6.07) is 0. The molecule has 0 N–H and O–H groups in total. The van der Waals surface area contributed by atoms with E-state index < -0.39 is 0 Å². The molecule has 1 atom stereocenters. The van der Waals surface area contributed by atoms with E-state index >= 15 is 0 Å². The Morgan fingerprint density at radius 1 is 1.60 bits per heavy atom. The Bertz CT molecular complexity index is 118. The molecule has 0 aromatic rings. The summed E-state index contributed by atoms with van der Waals surface area (Å²) in [5, 5.41) is 0. The molecular formula is C8H14O2. The van der Waals surface area contributed by atoms with E-state index in [-0.39, 0.29) is 11.7 Å². The number of aldehydes is 1. The van der Waals surface area contributed by atoms with Crippen LogP contribution >= 0.6 is 0 Å². The molecule has 0 saturated heterocycles. The van der Waals surface area contributed by atoms with E-state index in [0.717, 1.165) is 25.5 Å². The molecule has 0 aromatic carbocycles. The highest BCUT2D eigenvalue weighted by Gasteiger charge is 2.10. The van der Waals surface area contributed by atoms with Crippen LogP contribution in [-0.2, 0) is 9.59 Å². The van der Waals surface area contributed by atoms with Crippen molar-refractivity contribution in [1.29, 1.82) is 0 Å². The number of Topliss-reactive ketones (excluding diaryl/α,β-unsaturated/α-hetero) is 1. The Balaban J connectivity index is 3.60. The first-order chi connectivity index (χ1) is 4.72. The van der Waals surface area contributed by atoms with E-state index in [0.29, 0.717) is 0 Å². The Morgan fingerprint density at radius 3 is 2.50 bits per heavy atom. The molecular weight excluding hydrogens is 128 g/mol. The first kappa shape index (κ1) is 9.34. The highest BCUT2D eigenvalue weighted by molar-refractivity contribution is 5.91. The Morgan fingerprint density at radius 2 is 2.20 bits per heavy atom. The lowest BCUT2D eigenvalue weighted by Crippen LogP contribution is -2.11. The minimum absolute atomic E-state index is 0.0107. The predicted octanol–water partition coefficient (Wildman–Crippen LogP) is 1.58. The van der Waals surface area contributed by atoms with Gasteiger partial charge in [0.05, 0.1) is 5.92 Å². The molecule has 2 heteroatoms. The van der Waals surface area contributed by atoms with Crippen molar-refractivity contribution in [3.8, 4) is 0 Å².